The first-order valence-corrected chi connectivity index (χ1v) is 11.0. The molecule has 9 heteroatoms. The number of hydrogen-bond donors (Lipinski definition) is 1. The third-order valence-electron chi connectivity index (χ3n) is 6.84. The second-order valence-electron chi connectivity index (χ2n) is 8.78. The van der Waals surface area contributed by atoms with Crippen molar-refractivity contribution in [2.24, 2.45) is 5.92 Å². The highest BCUT2D eigenvalue weighted by Crippen LogP contribution is 2.40. The van der Waals surface area contributed by atoms with Crippen LogP contribution in [0.5, 0.6) is 0 Å². The smallest absolute Gasteiger partial charge is 0.416 e. The molecule has 1 aliphatic heterocycles. The highest BCUT2D eigenvalue weighted by atomic mass is 19.4. The minimum absolute atomic E-state index is 0.0824. The van der Waals surface area contributed by atoms with E-state index >= 15 is 0 Å². The van der Waals surface area contributed by atoms with E-state index in [0.29, 0.717) is 43.2 Å². The second-order valence-corrected chi connectivity index (χ2v) is 8.78. The fourth-order valence-electron chi connectivity index (χ4n) is 4.95. The number of nitrogens with zero attached hydrogens (tertiary/aromatic N) is 1. The maximum absolute atomic E-state index is 13.3. The van der Waals surface area contributed by atoms with E-state index in [0.717, 1.165) is 44.2 Å². The van der Waals surface area contributed by atoms with Gasteiger partial charge in [-0.15, -0.1) is 0 Å². The summed E-state index contributed by atoms with van der Waals surface area (Å²) in [4.78, 5) is 14.5. The summed E-state index contributed by atoms with van der Waals surface area (Å²) in [6.45, 7) is 2.14. The molecule has 1 N–H and O–H groups in total. The number of amides is 1. The first-order chi connectivity index (χ1) is 15.3. The quantitative estimate of drug-likeness (QED) is 0.691. The van der Waals surface area contributed by atoms with Crippen LogP contribution in [0.2, 0.25) is 0 Å². The number of ether oxygens (including phenoxy) is 2. The number of alkyl halides is 3. The van der Waals surface area contributed by atoms with Gasteiger partial charge in [-0.3, -0.25) is 4.79 Å². The average Bonchev–Trinajstić information content (AvgIpc) is 3.08. The minimum atomic E-state index is -4.46. The number of furan rings is 1. The molecule has 0 atom stereocenters. The molecular weight excluding hydrogens is 425 g/mol. The van der Waals surface area contributed by atoms with E-state index in [1.807, 2.05) is 4.90 Å². The van der Waals surface area contributed by atoms with Crippen molar-refractivity contribution in [3.63, 3.8) is 0 Å². The predicted molar refractivity (Wildman–Crippen MR) is 114 cm³/mol. The summed E-state index contributed by atoms with van der Waals surface area (Å²) in [5.74, 6) is 0.169. The largest absolute Gasteiger partial charge is 0.449 e. The van der Waals surface area contributed by atoms with Crippen molar-refractivity contribution >= 4 is 22.6 Å². The normalized spacial score (nSPS) is 24.3. The van der Waals surface area contributed by atoms with Crippen molar-refractivity contribution in [3.8, 4) is 0 Å². The van der Waals surface area contributed by atoms with E-state index < -0.39 is 17.6 Å². The Hall–Kier alpha value is -2.26. The number of halogens is 3. The number of anilines is 1. The van der Waals surface area contributed by atoms with Gasteiger partial charge < -0.3 is 24.1 Å². The monoisotopic (exact) mass is 454 g/mol. The molecular formula is C23H29F3N2O4. The van der Waals surface area contributed by atoms with Gasteiger partial charge in [-0.25, -0.2) is 0 Å². The Kier molecular flexibility index (Phi) is 6.40. The van der Waals surface area contributed by atoms with E-state index in [1.54, 1.807) is 14.2 Å². The number of benzene rings is 1. The van der Waals surface area contributed by atoms with Crippen LogP contribution < -0.4 is 10.2 Å². The van der Waals surface area contributed by atoms with E-state index in [4.69, 9.17) is 13.9 Å². The average molecular weight is 454 g/mol. The molecule has 0 unspecified atom stereocenters. The first-order valence-electron chi connectivity index (χ1n) is 11.0. The van der Waals surface area contributed by atoms with Crippen LogP contribution in [0.1, 0.15) is 48.2 Å². The molecule has 2 heterocycles. The molecule has 1 aromatic carbocycles. The van der Waals surface area contributed by atoms with E-state index in [1.165, 1.54) is 6.07 Å². The highest BCUT2D eigenvalue weighted by Gasteiger charge is 2.36. The van der Waals surface area contributed by atoms with Crippen molar-refractivity contribution < 1.29 is 31.9 Å². The summed E-state index contributed by atoms with van der Waals surface area (Å²) in [5, 5.41) is 3.11. The van der Waals surface area contributed by atoms with Crippen LogP contribution in [0.25, 0.3) is 11.0 Å². The van der Waals surface area contributed by atoms with Gasteiger partial charge in [0.15, 0.2) is 0 Å². The summed E-state index contributed by atoms with van der Waals surface area (Å²) in [5.41, 5.74) is -0.235. The lowest BCUT2D eigenvalue weighted by Gasteiger charge is -2.39. The Morgan fingerprint density at radius 3 is 2.66 bits per heavy atom. The zero-order valence-corrected chi connectivity index (χ0v) is 18.4. The van der Waals surface area contributed by atoms with E-state index in [9.17, 15) is 18.0 Å². The van der Waals surface area contributed by atoms with Crippen molar-refractivity contribution in [1.82, 2.24) is 5.32 Å². The van der Waals surface area contributed by atoms with Crippen LogP contribution in [0, 0.1) is 5.92 Å². The van der Waals surface area contributed by atoms with Crippen molar-refractivity contribution in [3.05, 3.63) is 29.5 Å². The molecule has 4 rings (SSSR count). The number of fused-ring (bicyclic) bond motifs is 3. The Morgan fingerprint density at radius 1 is 1.25 bits per heavy atom. The number of nitrogens with one attached hydrogen (secondary N) is 1. The Balaban J connectivity index is 1.54. The molecule has 176 valence electrons. The number of carbonyl (C=O) groups excluding carboxylic acids is 1. The molecule has 1 saturated carbocycles. The van der Waals surface area contributed by atoms with Crippen LogP contribution in [0.3, 0.4) is 0 Å². The van der Waals surface area contributed by atoms with Crippen LogP contribution in [0.15, 0.2) is 22.6 Å². The summed E-state index contributed by atoms with van der Waals surface area (Å²) in [6.07, 6.45) is 0.243. The van der Waals surface area contributed by atoms with Gasteiger partial charge in [0.25, 0.3) is 5.91 Å². The van der Waals surface area contributed by atoms with Crippen LogP contribution in [-0.2, 0) is 15.7 Å². The molecule has 1 aliphatic carbocycles. The van der Waals surface area contributed by atoms with Crippen molar-refractivity contribution in [1.29, 1.82) is 0 Å². The van der Waals surface area contributed by atoms with Gasteiger partial charge >= 0.3 is 6.18 Å². The van der Waals surface area contributed by atoms with E-state index in [2.05, 4.69) is 5.32 Å². The minimum Gasteiger partial charge on any atom is -0.449 e. The predicted octanol–water partition coefficient (Wildman–Crippen LogP) is 4.61. The second kappa shape index (κ2) is 8.94. The molecule has 0 saturated heterocycles. The molecule has 32 heavy (non-hydrogen) atoms. The molecule has 0 bridgehead atoms. The van der Waals surface area contributed by atoms with Crippen molar-refractivity contribution in [2.75, 3.05) is 45.4 Å². The van der Waals surface area contributed by atoms with E-state index in [-0.39, 0.29) is 16.9 Å². The number of carbonyl (C=O) groups is 1. The Morgan fingerprint density at radius 2 is 2.00 bits per heavy atom. The molecule has 1 aromatic heterocycles. The van der Waals surface area contributed by atoms with Gasteiger partial charge in [-0.2, -0.15) is 13.2 Å². The topological polar surface area (TPSA) is 63.9 Å². The highest BCUT2D eigenvalue weighted by molar-refractivity contribution is 6.07. The van der Waals surface area contributed by atoms with Gasteiger partial charge in [0.2, 0.25) is 5.76 Å². The zero-order valence-electron chi connectivity index (χ0n) is 18.4. The first kappa shape index (κ1) is 22.9. The van der Waals surface area contributed by atoms with Crippen LogP contribution in [-0.4, -0.2) is 52.0 Å². The van der Waals surface area contributed by atoms with Gasteiger partial charge in [0.1, 0.15) is 5.58 Å². The maximum atomic E-state index is 13.3. The lowest BCUT2D eigenvalue weighted by atomic mass is 9.77. The molecule has 1 amide bonds. The van der Waals surface area contributed by atoms with Gasteiger partial charge in [0.05, 0.1) is 23.5 Å². The summed E-state index contributed by atoms with van der Waals surface area (Å²) < 4.78 is 56.7. The summed E-state index contributed by atoms with van der Waals surface area (Å²) >= 11 is 0. The molecule has 1 fully saturated rings. The third kappa shape index (κ3) is 4.45. The third-order valence-corrected chi connectivity index (χ3v) is 6.84. The van der Waals surface area contributed by atoms with Crippen LogP contribution in [0.4, 0.5) is 18.9 Å². The summed E-state index contributed by atoms with van der Waals surface area (Å²) in [7, 11) is 3.40. The fourth-order valence-corrected chi connectivity index (χ4v) is 4.95. The zero-order chi connectivity index (χ0) is 22.9. The standard InChI is InChI=1S/C23H29F3N2O4/c1-30-14-22(31-2)8-5-15(6-9-22)7-11-28-12-10-27-21(29)20-19(28)17-13-16(23(24,25)26)3-4-18(17)32-20/h3-4,13,15H,5-12,14H2,1-2H3,(H,27,29). The Labute approximate surface area is 185 Å². The fraction of sp³-hybridized carbons (Fsp3) is 0.609. The molecule has 2 aliphatic rings. The molecule has 2 aromatic rings. The molecule has 0 spiro atoms. The molecule has 0 radical (unpaired) electrons. The van der Waals surface area contributed by atoms with Crippen LogP contribution >= 0.6 is 0 Å². The van der Waals surface area contributed by atoms with Crippen molar-refractivity contribution in [2.45, 2.75) is 43.9 Å². The molecule has 6 nitrogen and oxygen atoms in total. The maximum Gasteiger partial charge on any atom is 0.416 e. The Bertz CT molecular complexity index is 964. The number of hydrogen-bond acceptors (Lipinski definition) is 5. The van der Waals surface area contributed by atoms with Gasteiger partial charge in [-0.1, -0.05) is 0 Å². The van der Waals surface area contributed by atoms with Gasteiger partial charge in [-0.05, 0) is 56.2 Å². The number of rotatable bonds is 6. The summed E-state index contributed by atoms with van der Waals surface area (Å²) in [6, 6.07) is 3.36. The lowest BCUT2D eigenvalue weighted by molar-refractivity contribution is -0.137. The lowest BCUT2D eigenvalue weighted by Crippen LogP contribution is -2.41. The number of methoxy groups -OCH3 is 2. The SMILES string of the molecule is COCC1(OC)CCC(CCN2CCNC(=O)c3oc4ccc(C(F)(F)F)cc4c32)CC1. The van der Waals surface area contributed by atoms with Gasteiger partial charge in [0, 0.05) is 39.2 Å².